The van der Waals surface area contributed by atoms with Crippen LogP contribution in [0.15, 0.2) is 64.9 Å². The Morgan fingerprint density at radius 3 is 2.50 bits per heavy atom. The van der Waals surface area contributed by atoms with Gasteiger partial charge in [0.1, 0.15) is 0 Å². The highest BCUT2D eigenvalue weighted by molar-refractivity contribution is 8.00. The molecule has 0 aliphatic carbocycles. The summed E-state index contributed by atoms with van der Waals surface area (Å²) in [5, 5.41) is 13.4. The van der Waals surface area contributed by atoms with Crippen LogP contribution in [0.5, 0.6) is 0 Å². The molecule has 1 N–H and O–H groups in total. The van der Waals surface area contributed by atoms with E-state index in [-0.39, 0.29) is 5.69 Å². The standard InChI is InChI=1S/C15H11N3O2S2/c19-18(20)12-6-8-13(9-7-12)22-17-15-16-14(10-21-15)11-4-2-1-3-5-11/h1-10H,(H,16,17). The van der Waals surface area contributed by atoms with Crippen molar-refractivity contribution >= 4 is 34.1 Å². The van der Waals surface area contributed by atoms with Gasteiger partial charge in [0.05, 0.1) is 10.6 Å². The number of hydrogen-bond acceptors (Lipinski definition) is 6. The van der Waals surface area contributed by atoms with Gasteiger partial charge in [0.15, 0.2) is 5.13 Å². The number of nitrogens with one attached hydrogen (secondary N) is 1. The molecule has 0 saturated heterocycles. The van der Waals surface area contributed by atoms with Crippen LogP contribution in [-0.2, 0) is 0 Å². The Kier molecular flexibility index (Phi) is 4.36. The lowest BCUT2D eigenvalue weighted by Gasteiger charge is -2.01. The van der Waals surface area contributed by atoms with Crippen molar-refractivity contribution in [3.05, 3.63) is 70.1 Å². The van der Waals surface area contributed by atoms with E-state index in [1.807, 2.05) is 35.7 Å². The summed E-state index contributed by atoms with van der Waals surface area (Å²) >= 11 is 2.90. The molecular formula is C15H11N3O2S2. The van der Waals surface area contributed by atoms with Gasteiger partial charge in [0.25, 0.3) is 5.69 Å². The van der Waals surface area contributed by atoms with Crippen molar-refractivity contribution in [3.63, 3.8) is 0 Å². The molecule has 0 saturated carbocycles. The minimum absolute atomic E-state index is 0.0879. The molecule has 110 valence electrons. The van der Waals surface area contributed by atoms with Crippen LogP contribution in [0.2, 0.25) is 0 Å². The molecule has 0 spiro atoms. The number of nitrogens with zero attached hydrogens (tertiary/aromatic N) is 2. The van der Waals surface area contributed by atoms with Gasteiger partial charge in [-0.15, -0.1) is 11.3 Å². The first kappa shape index (κ1) is 14.6. The number of hydrogen-bond donors (Lipinski definition) is 1. The van der Waals surface area contributed by atoms with Crippen molar-refractivity contribution in [3.8, 4) is 11.3 Å². The van der Waals surface area contributed by atoms with E-state index < -0.39 is 4.92 Å². The topological polar surface area (TPSA) is 68.1 Å². The number of aromatic nitrogens is 1. The Balaban J connectivity index is 1.65. The fraction of sp³-hybridized carbons (Fsp3) is 0. The molecule has 0 amide bonds. The van der Waals surface area contributed by atoms with Crippen LogP contribution in [-0.4, -0.2) is 9.91 Å². The highest BCUT2D eigenvalue weighted by atomic mass is 32.2. The fourth-order valence-corrected chi connectivity index (χ4v) is 3.20. The van der Waals surface area contributed by atoms with Gasteiger partial charge >= 0.3 is 0 Å². The van der Waals surface area contributed by atoms with E-state index in [1.54, 1.807) is 12.1 Å². The van der Waals surface area contributed by atoms with Crippen LogP contribution < -0.4 is 4.72 Å². The summed E-state index contributed by atoms with van der Waals surface area (Å²) < 4.78 is 3.15. The van der Waals surface area contributed by atoms with E-state index in [1.165, 1.54) is 35.4 Å². The smallest absolute Gasteiger partial charge is 0.269 e. The van der Waals surface area contributed by atoms with Gasteiger partial charge in [-0.2, -0.15) is 0 Å². The third kappa shape index (κ3) is 3.44. The molecule has 1 aromatic heterocycles. The third-order valence-electron chi connectivity index (χ3n) is 2.88. The summed E-state index contributed by atoms with van der Waals surface area (Å²) in [7, 11) is 0. The predicted molar refractivity (Wildman–Crippen MR) is 90.1 cm³/mol. The summed E-state index contributed by atoms with van der Waals surface area (Å²) in [6, 6.07) is 16.4. The number of anilines is 1. The molecule has 3 aromatic rings. The first-order valence-corrected chi connectivity index (χ1v) is 8.10. The molecule has 5 nitrogen and oxygen atoms in total. The number of benzene rings is 2. The van der Waals surface area contributed by atoms with Crippen molar-refractivity contribution in [1.82, 2.24) is 4.98 Å². The molecule has 22 heavy (non-hydrogen) atoms. The average molecular weight is 329 g/mol. The second-order valence-corrected chi connectivity index (χ2v) is 6.10. The summed E-state index contributed by atoms with van der Waals surface area (Å²) in [5.74, 6) is 0. The normalized spacial score (nSPS) is 10.4. The van der Waals surface area contributed by atoms with Gasteiger partial charge < -0.3 is 4.72 Å². The van der Waals surface area contributed by atoms with Crippen LogP contribution in [0.1, 0.15) is 0 Å². The molecule has 0 bridgehead atoms. The second kappa shape index (κ2) is 6.59. The lowest BCUT2D eigenvalue weighted by Crippen LogP contribution is -1.88. The molecule has 1 heterocycles. The van der Waals surface area contributed by atoms with Crippen LogP contribution in [0.3, 0.4) is 0 Å². The van der Waals surface area contributed by atoms with Gasteiger partial charge in [0, 0.05) is 28.0 Å². The number of non-ortho nitro benzene ring substituents is 1. The average Bonchev–Trinajstić information content (AvgIpc) is 3.03. The van der Waals surface area contributed by atoms with Gasteiger partial charge in [-0.25, -0.2) is 4.98 Å². The quantitative estimate of drug-likeness (QED) is 0.412. The Bertz CT molecular complexity index is 773. The molecule has 0 unspecified atom stereocenters. The Hall–Kier alpha value is -2.38. The molecule has 7 heteroatoms. The van der Waals surface area contributed by atoms with E-state index in [4.69, 9.17) is 0 Å². The summed E-state index contributed by atoms with van der Waals surface area (Å²) in [5.41, 5.74) is 2.09. The van der Waals surface area contributed by atoms with E-state index in [0.717, 1.165) is 21.3 Å². The number of nitro benzene ring substituents is 1. The maximum Gasteiger partial charge on any atom is 0.269 e. The molecule has 3 rings (SSSR count). The molecule has 0 radical (unpaired) electrons. The van der Waals surface area contributed by atoms with Gasteiger partial charge in [0.2, 0.25) is 0 Å². The van der Waals surface area contributed by atoms with E-state index in [9.17, 15) is 10.1 Å². The van der Waals surface area contributed by atoms with Crippen molar-refractivity contribution < 1.29 is 4.92 Å². The fourth-order valence-electron chi connectivity index (χ4n) is 1.80. The van der Waals surface area contributed by atoms with Gasteiger partial charge in [-0.3, -0.25) is 10.1 Å². The molecule has 0 aliphatic rings. The number of nitro groups is 1. The van der Waals surface area contributed by atoms with Crippen molar-refractivity contribution in [2.24, 2.45) is 0 Å². The monoisotopic (exact) mass is 329 g/mol. The van der Waals surface area contributed by atoms with E-state index >= 15 is 0 Å². The van der Waals surface area contributed by atoms with Crippen LogP contribution in [0.4, 0.5) is 10.8 Å². The number of thiazole rings is 1. The summed E-state index contributed by atoms with van der Waals surface area (Å²) in [6.45, 7) is 0. The second-order valence-electron chi connectivity index (χ2n) is 4.36. The maximum atomic E-state index is 10.6. The lowest BCUT2D eigenvalue weighted by molar-refractivity contribution is -0.384. The summed E-state index contributed by atoms with van der Waals surface area (Å²) in [4.78, 5) is 15.6. The maximum absolute atomic E-state index is 10.6. The Morgan fingerprint density at radius 2 is 1.82 bits per heavy atom. The molecule has 0 aliphatic heterocycles. The predicted octanol–water partition coefficient (Wildman–Crippen LogP) is 4.84. The van der Waals surface area contributed by atoms with Crippen LogP contribution in [0.25, 0.3) is 11.3 Å². The lowest BCUT2D eigenvalue weighted by atomic mass is 10.2. The van der Waals surface area contributed by atoms with Crippen LogP contribution >= 0.6 is 23.3 Å². The van der Waals surface area contributed by atoms with E-state index in [2.05, 4.69) is 9.71 Å². The van der Waals surface area contributed by atoms with Crippen molar-refractivity contribution in [2.45, 2.75) is 4.90 Å². The molecule has 0 atom stereocenters. The highest BCUT2D eigenvalue weighted by Gasteiger charge is 2.06. The molecular weight excluding hydrogens is 318 g/mol. The van der Waals surface area contributed by atoms with E-state index in [0.29, 0.717) is 0 Å². The molecule has 0 fully saturated rings. The SMILES string of the molecule is O=[N+]([O-])c1ccc(SNc2nc(-c3ccccc3)cs2)cc1. The largest absolute Gasteiger partial charge is 0.302 e. The minimum atomic E-state index is -0.408. The zero-order valence-electron chi connectivity index (χ0n) is 11.3. The third-order valence-corrected chi connectivity index (χ3v) is 4.57. The van der Waals surface area contributed by atoms with Gasteiger partial charge in [-0.05, 0) is 24.1 Å². The van der Waals surface area contributed by atoms with Crippen LogP contribution in [0, 0.1) is 10.1 Å². The number of rotatable bonds is 5. The minimum Gasteiger partial charge on any atom is -0.302 e. The zero-order chi connectivity index (χ0) is 15.4. The van der Waals surface area contributed by atoms with Gasteiger partial charge in [-0.1, -0.05) is 30.3 Å². The molecule has 2 aromatic carbocycles. The Morgan fingerprint density at radius 1 is 1.09 bits per heavy atom. The highest BCUT2D eigenvalue weighted by Crippen LogP contribution is 2.28. The zero-order valence-corrected chi connectivity index (χ0v) is 12.9. The summed E-state index contributed by atoms with van der Waals surface area (Å²) in [6.07, 6.45) is 0. The first-order chi connectivity index (χ1) is 10.7. The first-order valence-electron chi connectivity index (χ1n) is 6.40. The Labute approximate surface area is 135 Å². The van der Waals surface area contributed by atoms with Crippen molar-refractivity contribution in [1.29, 1.82) is 0 Å². The van der Waals surface area contributed by atoms with Crippen molar-refractivity contribution in [2.75, 3.05) is 4.72 Å².